The van der Waals surface area contributed by atoms with E-state index in [1.807, 2.05) is 19.1 Å². The molecule has 3 N–H and O–H groups in total. The Morgan fingerprint density at radius 2 is 1.96 bits per heavy atom. The van der Waals surface area contributed by atoms with Crippen LogP contribution >= 0.6 is 31.9 Å². The second-order valence-corrected chi connectivity index (χ2v) is 6.59. The Balaban J connectivity index is 2.01. The van der Waals surface area contributed by atoms with Gasteiger partial charge in [0.15, 0.2) is 6.61 Å². The van der Waals surface area contributed by atoms with Gasteiger partial charge in [0.2, 0.25) is 5.91 Å². The maximum absolute atomic E-state index is 12.0. The third-order valence-electron chi connectivity index (χ3n) is 2.97. The van der Waals surface area contributed by atoms with Gasteiger partial charge in [0.25, 0.3) is 5.91 Å². The molecule has 0 saturated heterocycles. The normalized spacial score (nSPS) is 10.2. The minimum atomic E-state index is -0.549. The summed E-state index contributed by atoms with van der Waals surface area (Å²) in [5, 5.41) is 2.66. The average Bonchev–Trinajstić information content (AvgIpc) is 2.46. The summed E-state index contributed by atoms with van der Waals surface area (Å²) in [6.07, 6.45) is 0. The van der Waals surface area contributed by atoms with Crippen LogP contribution in [-0.2, 0) is 4.79 Å². The van der Waals surface area contributed by atoms with Crippen LogP contribution in [0.25, 0.3) is 0 Å². The number of ether oxygens (including phenoxy) is 1. The van der Waals surface area contributed by atoms with Gasteiger partial charge < -0.3 is 15.8 Å². The van der Waals surface area contributed by atoms with Gasteiger partial charge in [-0.05, 0) is 58.7 Å². The van der Waals surface area contributed by atoms with Crippen molar-refractivity contribution >= 4 is 49.4 Å². The number of nitrogens with two attached hydrogens (primary N) is 1. The lowest BCUT2D eigenvalue weighted by Gasteiger charge is -2.12. The Bertz CT molecular complexity index is 740. The van der Waals surface area contributed by atoms with Crippen molar-refractivity contribution in [2.24, 2.45) is 5.73 Å². The molecule has 0 bridgehead atoms. The Morgan fingerprint density at radius 3 is 2.61 bits per heavy atom. The fourth-order valence-electron chi connectivity index (χ4n) is 1.96. The molecule has 0 aliphatic rings. The van der Waals surface area contributed by atoms with E-state index >= 15 is 0 Å². The smallest absolute Gasteiger partial charge is 0.262 e. The van der Waals surface area contributed by atoms with Gasteiger partial charge in [-0.3, -0.25) is 9.59 Å². The Hall–Kier alpha value is -1.86. The number of aryl methyl sites for hydroxylation is 1. The number of halogens is 2. The zero-order valence-electron chi connectivity index (χ0n) is 12.2. The van der Waals surface area contributed by atoms with Gasteiger partial charge in [-0.25, -0.2) is 0 Å². The highest BCUT2D eigenvalue weighted by Gasteiger charge is 2.10. The molecule has 2 amide bonds. The van der Waals surface area contributed by atoms with E-state index in [1.165, 1.54) is 6.07 Å². The van der Waals surface area contributed by atoms with Crippen molar-refractivity contribution < 1.29 is 14.3 Å². The van der Waals surface area contributed by atoms with Crippen LogP contribution in [0.2, 0.25) is 0 Å². The summed E-state index contributed by atoms with van der Waals surface area (Å²) in [4.78, 5) is 23.1. The Morgan fingerprint density at radius 1 is 1.22 bits per heavy atom. The number of nitrogens with one attached hydrogen (secondary N) is 1. The first-order chi connectivity index (χ1) is 10.9. The van der Waals surface area contributed by atoms with Crippen molar-refractivity contribution in [3.05, 3.63) is 56.5 Å². The number of primary amides is 1. The molecule has 0 unspecified atom stereocenters. The zero-order valence-corrected chi connectivity index (χ0v) is 15.4. The van der Waals surface area contributed by atoms with E-state index in [2.05, 4.69) is 37.2 Å². The standard InChI is InChI=1S/C16H14Br2N2O3/c1-9-5-11(17)7-13(18)15(9)23-8-14(21)20-12-4-2-3-10(6-12)16(19)22/h2-7H,8H2,1H3,(H2,19,22)(H,20,21). The molecule has 0 aromatic heterocycles. The molecule has 120 valence electrons. The van der Waals surface area contributed by atoms with E-state index < -0.39 is 5.91 Å². The summed E-state index contributed by atoms with van der Waals surface area (Å²) in [6.45, 7) is 1.74. The molecule has 2 rings (SSSR count). The molecule has 0 atom stereocenters. The van der Waals surface area contributed by atoms with Crippen LogP contribution < -0.4 is 15.8 Å². The molecule has 2 aromatic rings. The van der Waals surface area contributed by atoms with Crippen LogP contribution in [0.3, 0.4) is 0 Å². The molecule has 7 heteroatoms. The third kappa shape index (κ3) is 4.80. The first-order valence-corrected chi connectivity index (χ1v) is 8.23. The van der Waals surface area contributed by atoms with E-state index in [-0.39, 0.29) is 12.5 Å². The largest absolute Gasteiger partial charge is 0.482 e. The predicted molar refractivity (Wildman–Crippen MR) is 95.7 cm³/mol. The maximum atomic E-state index is 12.0. The second-order valence-electron chi connectivity index (χ2n) is 4.82. The van der Waals surface area contributed by atoms with E-state index in [1.54, 1.807) is 18.2 Å². The lowest BCUT2D eigenvalue weighted by molar-refractivity contribution is -0.118. The molecule has 0 saturated carbocycles. The quantitative estimate of drug-likeness (QED) is 0.743. The Kier molecular flexibility index (Phi) is 5.79. The van der Waals surface area contributed by atoms with Crippen molar-refractivity contribution in [3.63, 3.8) is 0 Å². The lowest BCUT2D eigenvalue weighted by Crippen LogP contribution is -2.21. The maximum Gasteiger partial charge on any atom is 0.262 e. The van der Waals surface area contributed by atoms with E-state index in [0.29, 0.717) is 17.0 Å². The number of hydrogen-bond donors (Lipinski definition) is 2. The second kappa shape index (κ2) is 7.61. The minimum Gasteiger partial charge on any atom is -0.482 e. The van der Waals surface area contributed by atoms with Crippen LogP contribution in [0.1, 0.15) is 15.9 Å². The number of hydrogen-bond acceptors (Lipinski definition) is 3. The van der Waals surface area contributed by atoms with Gasteiger partial charge in [0.05, 0.1) is 4.47 Å². The predicted octanol–water partition coefficient (Wildman–Crippen LogP) is 3.64. The molecule has 0 heterocycles. The number of benzene rings is 2. The molecule has 0 aliphatic carbocycles. The fraction of sp³-hybridized carbons (Fsp3) is 0.125. The van der Waals surface area contributed by atoms with E-state index in [9.17, 15) is 9.59 Å². The topological polar surface area (TPSA) is 81.4 Å². The van der Waals surface area contributed by atoms with Crippen molar-refractivity contribution in [1.29, 1.82) is 0 Å². The van der Waals surface area contributed by atoms with Crippen molar-refractivity contribution in [2.75, 3.05) is 11.9 Å². The van der Waals surface area contributed by atoms with Gasteiger partial charge in [-0.2, -0.15) is 0 Å². The number of carbonyl (C=O) groups is 2. The SMILES string of the molecule is Cc1cc(Br)cc(Br)c1OCC(=O)Nc1cccc(C(N)=O)c1. The molecule has 5 nitrogen and oxygen atoms in total. The van der Waals surface area contributed by atoms with Crippen LogP contribution in [0.4, 0.5) is 5.69 Å². The zero-order chi connectivity index (χ0) is 17.0. The molecule has 0 spiro atoms. The first kappa shape index (κ1) is 17.5. The minimum absolute atomic E-state index is 0.151. The van der Waals surface area contributed by atoms with E-state index in [0.717, 1.165) is 14.5 Å². The van der Waals surface area contributed by atoms with Crippen LogP contribution in [-0.4, -0.2) is 18.4 Å². The van der Waals surface area contributed by atoms with Gasteiger partial charge in [0, 0.05) is 15.7 Å². The molecular formula is C16H14Br2N2O3. The third-order valence-corrected chi connectivity index (χ3v) is 4.02. The lowest BCUT2D eigenvalue weighted by atomic mass is 10.2. The number of amides is 2. The number of rotatable bonds is 5. The average molecular weight is 442 g/mol. The van der Waals surface area contributed by atoms with Crippen LogP contribution in [0, 0.1) is 6.92 Å². The van der Waals surface area contributed by atoms with Crippen LogP contribution in [0.5, 0.6) is 5.75 Å². The fourth-order valence-corrected chi connectivity index (χ4v) is 3.51. The monoisotopic (exact) mass is 440 g/mol. The highest BCUT2D eigenvalue weighted by molar-refractivity contribution is 9.11. The summed E-state index contributed by atoms with van der Waals surface area (Å²) in [5.74, 6) is -0.276. The molecule has 0 radical (unpaired) electrons. The summed E-state index contributed by atoms with van der Waals surface area (Å²) >= 11 is 6.79. The molecule has 2 aromatic carbocycles. The number of carbonyl (C=O) groups excluding carboxylic acids is 2. The van der Waals surface area contributed by atoms with E-state index in [4.69, 9.17) is 10.5 Å². The number of anilines is 1. The summed E-state index contributed by atoms with van der Waals surface area (Å²) in [5.41, 5.74) is 6.92. The summed E-state index contributed by atoms with van der Waals surface area (Å²) in [7, 11) is 0. The molecule has 0 fully saturated rings. The molecule has 23 heavy (non-hydrogen) atoms. The van der Waals surface area contributed by atoms with Crippen molar-refractivity contribution in [2.45, 2.75) is 6.92 Å². The van der Waals surface area contributed by atoms with Gasteiger partial charge in [0.1, 0.15) is 5.75 Å². The van der Waals surface area contributed by atoms with Gasteiger partial charge >= 0.3 is 0 Å². The highest BCUT2D eigenvalue weighted by Crippen LogP contribution is 2.32. The summed E-state index contributed by atoms with van der Waals surface area (Å²) in [6, 6.07) is 10.2. The van der Waals surface area contributed by atoms with Gasteiger partial charge in [-0.1, -0.05) is 22.0 Å². The van der Waals surface area contributed by atoms with Crippen molar-refractivity contribution in [3.8, 4) is 5.75 Å². The summed E-state index contributed by atoms with van der Waals surface area (Å²) < 4.78 is 7.24. The first-order valence-electron chi connectivity index (χ1n) is 6.65. The molecular weight excluding hydrogens is 428 g/mol. The Labute approximate surface area is 150 Å². The van der Waals surface area contributed by atoms with Gasteiger partial charge in [-0.15, -0.1) is 0 Å². The molecule has 0 aliphatic heterocycles. The highest BCUT2D eigenvalue weighted by atomic mass is 79.9. The van der Waals surface area contributed by atoms with Crippen molar-refractivity contribution in [1.82, 2.24) is 0 Å². The van der Waals surface area contributed by atoms with Crippen LogP contribution in [0.15, 0.2) is 45.3 Å².